The van der Waals surface area contributed by atoms with Crippen LogP contribution in [0.1, 0.15) is 222 Å². The van der Waals surface area contributed by atoms with Crippen LogP contribution in [-0.4, -0.2) is 0 Å². The van der Waals surface area contributed by atoms with Gasteiger partial charge in [0.05, 0.1) is 0 Å². The van der Waals surface area contributed by atoms with Crippen LogP contribution in [0.5, 0.6) is 11.5 Å². The van der Waals surface area contributed by atoms with Gasteiger partial charge in [0.2, 0.25) is 0 Å². The van der Waals surface area contributed by atoms with Crippen LogP contribution in [0.25, 0.3) is 76.5 Å². The molecule has 0 unspecified atom stereocenters. The van der Waals surface area contributed by atoms with E-state index in [2.05, 4.69) is 289 Å². The van der Waals surface area contributed by atoms with E-state index >= 15 is 0 Å². The largest absolute Gasteiger partial charge is 0.453 e. The zero-order valence-corrected chi connectivity index (χ0v) is 58.5. The standard InChI is InChI=1S/C78H96O6P2/c1-45-35-47-31-27-29-33-53(47)63(65(45)79-85-81-67-55(37-49(71(3,4)5)41-59(67)75(15,16)17)56-38-50(72(6,7)8)42-60(68(56)82-85)76(18,19)20)64-54-34-30-28-32-48(54)36-46(2)66(64)80-86-83-69-57(39-51(73(9,10)11)43-61(69)77(21,22)23)58-40-52(74(12,13)14)44-62(70(58)84-86)78(24,25)26/h27-44H,1-26H3. The minimum absolute atomic E-state index is 0.151. The molecule has 6 nitrogen and oxygen atoms in total. The first-order valence-corrected chi connectivity index (χ1v) is 33.2. The summed E-state index contributed by atoms with van der Waals surface area (Å²) in [5.74, 6) is 1.29. The minimum atomic E-state index is -2.21. The van der Waals surface area contributed by atoms with E-state index in [0.29, 0.717) is 11.5 Å². The molecule has 0 saturated heterocycles. The molecule has 454 valence electrons. The fraction of sp³-hybridized carbons (Fsp3) is 0.436. The van der Waals surface area contributed by atoms with Gasteiger partial charge >= 0.3 is 16.5 Å². The summed E-state index contributed by atoms with van der Waals surface area (Å²) in [7, 11) is -4.41. The molecule has 2 heterocycles. The molecule has 0 radical (unpaired) electrons. The van der Waals surface area contributed by atoms with Gasteiger partial charge in [0, 0.05) is 54.9 Å². The van der Waals surface area contributed by atoms with Crippen LogP contribution in [0.4, 0.5) is 0 Å². The SMILES string of the molecule is Cc1cc2ccccc2c(-c2c(Op3oc4c(C(C)(C)C)cc(C(C)(C)C)cc4c4cc(C(C)(C)C)cc(C(C)(C)C)c4o3)c(C)cc3ccccc23)c1Op1oc2c(C(C)(C)C)cc(C(C)(C)C)cc2c2cc(C(C)(C)C)cc(C(C)(C)C)c2o1. The molecule has 0 aliphatic heterocycles. The highest BCUT2D eigenvalue weighted by Crippen LogP contribution is 2.55. The smallest absolute Gasteiger partial charge is 0.390 e. The molecule has 0 fully saturated rings. The maximum Gasteiger partial charge on any atom is 0.453 e. The van der Waals surface area contributed by atoms with Gasteiger partial charge in [-0.05, 0) is 148 Å². The summed E-state index contributed by atoms with van der Waals surface area (Å²) in [4.78, 5) is 0. The second-order valence-electron chi connectivity index (χ2n) is 32.8. The molecule has 10 aromatic rings. The molecular formula is C78H96O6P2. The van der Waals surface area contributed by atoms with Gasteiger partial charge in [-0.2, -0.15) is 0 Å². The van der Waals surface area contributed by atoms with Crippen molar-refractivity contribution in [2.75, 3.05) is 0 Å². The second-order valence-corrected chi connectivity index (χ2v) is 34.8. The van der Waals surface area contributed by atoms with Gasteiger partial charge < -0.3 is 25.8 Å². The van der Waals surface area contributed by atoms with Crippen LogP contribution in [0.2, 0.25) is 0 Å². The molecular weight excluding hydrogens is 1090 g/mol. The predicted octanol–water partition coefficient (Wildman–Crippen LogP) is 25.5. The van der Waals surface area contributed by atoms with Crippen molar-refractivity contribution in [2.24, 2.45) is 0 Å². The Hall–Kier alpha value is -6.32. The molecule has 8 heteroatoms. The Morgan fingerprint density at radius 1 is 0.279 bits per heavy atom. The lowest BCUT2D eigenvalue weighted by atomic mass is 9.77. The molecule has 0 N–H and O–H groups in total. The summed E-state index contributed by atoms with van der Waals surface area (Å²) >= 11 is 0. The third kappa shape index (κ3) is 11.9. The molecule has 0 spiro atoms. The minimum Gasteiger partial charge on any atom is -0.390 e. The number of hydrogen-bond donors (Lipinski definition) is 0. The van der Waals surface area contributed by atoms with Gasteiger partial charge in [0.15, 0.2) is 0 Å². The van der Waals surface area contributed by atoms with E-state index in [4.69, 9.17) is 25.8 Å². The zero-order valence-electron chi connectivity index (χ0n) is 56.7. The molecule has 86 heavy (non-hydrogen) atoms. The topological polar surface area (TPSA) is 71.0 Å². The highest BCUT2D eigenvalue weighted by Gasteiger charge is 2.34. The van der Waals surface area contributed by atoms with E-state index in [1.807, 2.05) is 0 Å². The second kappa shape index (κ2) is 21.2. The first-order valence-electron chi connectivity index (χ1n) is 31.0. The summed E-state index contributed by atoms with van der Waals surface area (Å²) < 4.78 is 45.7. The molecule has 0 atom stereocenters. The van der Waals surface area contributed by atoms with Gasteiger partial charge in [-0.3, -0.25) is 0 Å². The molecule has 2 aromatic heterocycles. The summed E-state index contributed by atoms with van der Waals surface area (Å²) in [6.07, 6.45) is 0. The van der Waals surface area contributed by atoms with Crippen molar-refractivity contribution >= 4 is 81.9 Å². The normalized spacial score (nSPS) is 13.5. The highest BCUT2D eigenvalue weighted by atomic mass is 31.1. The highest BCUT2D eigenvalue weighted by molar-refractivity contribution is 7.32. The van der Waals surface area contributed by atoms with E-state index < -0.39 is 16.5 Å². The Bertz CT molecular complexity index is 3960. The van der Waals surface area contributed by atoms with Crippen LogP contribution in [0, 0.1) is 13.8 Å². The van der Waals surface area contributed by atoms with Gasteiger partial charge in [0.1, 0.15) is 33.8 Å². The summed E-state index contributed by atoms with van der Waals surface area (Å²) in [5, 5.41) is 8.18. The Labute approximate surface area is 515 Å². The predicted molar refractivity (Wildman–Crippen MR) is 371 cm³/mol. The van der Waals surface area contributed by atoms with Crippen molar-refractivity contribution in [3.05, 3.63) is 165 Å². The number of rotatable bonds is 5. The fourth-order valence-electron chi connectivity index (χ4n) is 11.9. The molecule has 0 amide bonds. The summed E-state index contributed by atoms with van der Waals surface area (Å²) in [5.41, 5.74) is 14.2. The van der Waals surface area contributed by atoms with Gasteiger partial charge in [-0.15, -0.1) is 0 Å². The van der Waals surface area contributed by atoms with E-state index in [0.717, 1.165) is 110 Å². The van der Waals surface area contributed by atoms with E-state index in [1.54, 1.807) is 0 Å². The zero-order chi connectivity index (χ0) is 63.1. The van der Waals surface area contributed by atoms with E-state index in [1.165, 1.54) is 22.3 Å². The van der Waals surface area contributed by atoms with Crippen LogP contribution in [0.15, 0.2) is 126 Å². The van der Waals surface area contributed by atoms with E-state index in [9.17, 15) is 0 Å². The van der Waals surface area contributed by atoms with Crippen molar-refractivity contribution in [3.8, 4) is 22.6 Å². The summed E-state index contributed by atoms with van der Waals surface area (Å²) in [6.45, 7) is 59.1. The Balaban J connectivity index is 1.36. The molecule has 10 rings (SSSR count). The van der Waals surface area contributed by atoms with E-state index in [-0.39, 0.29) is 43.3 Å². The molecule has 0 aliphatic rings. The Kier molecular flexibility index (Phi) is 15.5. The maximum atomic E-state index is 7.74. The lowest BCUT2D eigenvalue weighted by Crippen LogP contribution is -2.17. The quantitative estimate of drug-likeness (QED) is 0.171. The average Bonchev–Trinajstić information content (AvgIpc) is 1.31. The van der Waals surface area contributed by atoms with Gasteiger partial charge in [-0.1, -0.05) is 239 Å². The number of fused-ring (bicyclic) bond motifs is 8. The first-order chi connectivity index (χ1) is 39.5. The van der Waals surface area contributed by atoms with Gasteiger partial charge in [-0.25, -0.2) is 0 Å². The first kappa shape index (κ1) is 62.7. The third-order valence-corrected chi connectivity index (χ3v) is 19.2. The molecule has 0 aliphatic carbocycles. The van der Waals surface area contributed by atoms with Crippen molar-refractivity contribution in [3.63, 3.8) is 0 Å². The molecule has 0 saturated carbocycles. The Morgan fingerprint density at radius 3 is 0.733 bits per heavy atom. The molecule has 8 aromatic carbocycles. The van der Waals surface area contributed by atoms with Crippen molar-refractivity contribution in [1.82, 2.24) is 0 Å². The lowest BCUT2D eigenvalue weighted by Gasteiger charge is -2.27. The van der Waals surface area contributed by atoms with Crippen molar-refractivity contribution < 1.29 is 25.8 Å². The third-order valence-electron chi connectivity index (χ3n) is 17.3. The lowest BCUT2D eigenvalue weighted by molar-refractivity contribution is 0.483. The number of aryl methyl sites for hydroxylation is 2. The van der Waals surface area contributed by atoms with Crippen LogP contribution in [0.3, 0.4) is 0 Å². The van der Waals surface area contributed by atoms with Crippen LogP contribution >= 0.6 is 16.5 Å². The molecule has 0 bridgehead atoms. The fourth-order valence-corrected chi connectivity index (χ4v) is 14.3. The summed E-state index contributed by atoms with van der Waals surface area (Å²) in [6, 6.07) is 40.4. The number of benzene rings is 8. The monoisotopic (exact) mass is 1190 g/mol. The van der Waals surface area contributed by atoms with Crippen molar-refractivity contribution in [2.45, 2.75) is 223 Å². The van der Waals surface area contributed by atoms with Gasteiger partial charge in [0.25, 0.3) is 0 Å². The average molecular weight is 1190 g/mol. The van der Waals surface area contributed by atoms with Crippen molar-refractivity contribution in [1.29, 1.82) is 0 Å². The number of hydrogen-bond acceptors (Lipinski definition) is 6. The van der Waals surface area contributed by atoms with Crippen LogP contribution in [-0.2, 0) is 43.3 Å². The maximum absolute atomic E-state index is 7.74. The van der Waals surface area contributed by atoms with Crippen LogP contribution < -0.4 is 9.05 Å². The Morgan fingerprint density at radius 2 is 0.512 bits per heavy atom.